The highest BCUT2D eigenvalue weighted by Gasteiger charge is 2.05. The minimum Gasteiger partial charge on any atom is -0.497 e. The average Bonchev–Trinajstić information content (AvgIpc) is 2.47. The van der Waals surface area contributed by atoms with Crippen molar-refractivity contribution >= 4 is 37.5 Å². The average molecular weight is 396 g/mol. The molecule has 5 heteroatoms. The number of rotatable bonds is 4. The van der Waals surface area contributed by atoms with E-state index in [1.54, 1.807) is 19.2 Å². The normalized spacial score (nSPS) is 9.90. The summed E-state index contributed by atoms with van der Waals surface area (Å²) >= 11 is 6.98. The third-order valence-electron chi connectivity index (χ3n) is 2.82. The van der Waals surface area contributed by atoms with Gasteiger partial charge < -0.3 is 10.1 Å². The standard InChI is InChI=1S/C15H12Br2N2O/c1-20-12-3-4-13(16)11(7-12)9-19-15-5-2-10(8-18)6-14(15)17/h2-7,19H,9H2,1H3. The zero-order chi connectivity index (χ0) is 14.5. The molecule has 0 fully saturated rings. The molecule has 0 heterocycles. The van der Waals surface area contributed by atoms with Gasteiger partial charge in [-0.2, -0.15) is 5.26 Å². The molecule has 0 amide bonds. The second-order valence-corrected chi connectivity index (χ2v) is 5.83. The fraction of sp³-hybridized carbons (Fsp3) is 0.133. The minimum absolute atomic E-state index is 0.630. The number of hydrogen-bond donors (Lipinski definition) is 1. The van der Waals surface area contributed by atoms with Crippen molar-refractivity contribution in [1.82, 2.24) is 0 Å². The maximum absolute atomic E-state index is 8.84. The van der Waals surface area contributed by atoms with Crippen molar-refractivity contribution in [3.05, 3.63) is 56.5 Å². The Labute approximate surface area is 134 Å². The molecule has 0 radical (unpaired) electrons. The van der Waals surface area contributed by atoms with Gasteiger partial charge in [-0.05, 0) is 57.9 Å². The molecule has 0 saturated heterocycles. The molecule has 20 heavy (non-hydrogen) atoms. The molecular formula is C15H12Br2N2O. The Kier molecular flexibility index (Phi) is 5.05. The summed E-state index contributed by atoms with van der Waals surface area (Å²) in [5.41, 5.74) is 2.67. The lowest BCUT2D eigenvalue weighted by Crippen LogP contribution is -2.01. The minimum atomic E-state index is 0.630. The van der Waals surface area contributed by atoms with Crippen molar-refractivity contribution in [2.24, 2.45) is 0 Å². The molecule has 0 saturated carbocycles. The zero-order valence-corrected chi connectivity index (χ0v) is 14.0. The van der Waals surface area contributed by atoms with E-state index in [0.717, 1.165) is 25.9 Å². The van der Waals surface area contributed by atoms with Crippen LogP contribution in [0, 0.1) is 11.3 Å². The van der Waals surface area contributed by atoms with E-state index in [1.807, 2.05) is 24.3 Å². The van der Waals surface area contributed by atoms with Gasteiger partial charge in [-0.1, -0.05) is 15.9 Å². The van der Waals surface area contributed by atoms with Crippen LogP contribution in [0.15, 0.2) is 45.3 Å². The number of anilines is 1. The topological polar surface area (TPSA) is 45.0 Å². The number of benzene rings is 2. The van der Waals surface area contributed by atoms with Gasteiger partial charge >= 0.3 is 0 Å². The van der Waals surface area contributed by atoms with Gasteiger partial charge in [0.05, 0.1) is 18.7 Å². The van der Waals surface area contributed by atoms with Crippen LogP contribution in [0.4, 0.5) is 5.69 Å². The van der Waals surface area contributed by atoms with Gasteiger partial charge in [-0.3, -0.25) is 0 Å². The summed E-state index contributed by atoms with van der Waals surface area (Å²) in [6.45, 7) is 0.655. The van der Waals surface area contributed by atoms with E-state index in [4.69, 9.17) is 10.00 Å². The Balaban J connectivity index is 2.15. The maximum Gasteiger partial charge on any atom is 0.119 e. The number of hydrogen-bond acceptors (Lipinski definition) is 3. The molecule has 0 aliphatic carbocycles. The molecule has 2 aromatic rings. The van der Waals surface area contributed by atoms with Gasteiger partial charge in [0.25, 0.3) is 0 Å². The van der Waals surface area contributed by atoms with Crippen LogP contribution in [0.2, 0.25) is 0 Å². The van der Waals surface area contributed by atoms with Crippen molar-refractivity contribution in [1.29, 1.82) is 5.26 Å². The molecule has 2 aromatic carbocycles. The number of nitrogens with zero attached hydrogens (tertiary/aromatic N) is 1. The first-order valence-corrected chi connectivity index (χ1v) is 7.48. The molecule has 0 atom stereocenters. The van der Waals surface area contributed by atoms with Crippen LogP contribution in [-0.2, 0) is 6.54 Å². The summed E-state index contributed by atoms with van der Waals surface area (Å²) in [5.74, 6) is 0.823. The summed E-state index contributed by atoms with van der Waals surface area (Å²) < 4.78 is 7.12. The predicted octanol–water partition coefficient (Wildman–Crippen LogP) is 4.70. The third-order valence-corrected chi connectivity index (χ3v) is 4.25. The Bertz CT molecular complexity index is 665. The van der Waals surface area contributed by atoms with Gasteiger partial charge in [-0.15, -0.1) is 0 Å². The maximum atomic E-state index is 8.84. The van der Waals surface area contributed by atoms with Crippen molar-refractivity contribution in [2.75, 3.05) is 12.4 Å². The van der Waals surface area contributed by atoms with Crippen LogP contribution in [-0.4, -0.2) is 7.11 Å². The molecule has 1 N–H and O–H groups in total. The molecule has 102 valence electrons. The van der Waals surface area contributed by atoms with Crippen LogP contribution >= 0.6 is 31.9 Å². The van der Waals surface area contributed by atoms with Gasteiger partial charge in [0, 0.05) is 21.2 Å². The Hall–Kier alpha value is -1.51. The van der Waals surface area contributed by atoms with Crippen LogP contribution in [0.1, 0.15) is 11.1 Å². The SMILES string of the molecule is COc1ccc(Br)c(CNc2ccc(C#N)cc2Br)c1. The van der Waals surface area contributed by atoms with Crippen LogP contribution in [0.5, 0.6) is 5.75 Å². The van der Waals surface area contributed by atoms with E-state index in [1.165, 1.54) is 0 Å². The lowest BCUT2D eigenvalue weighted by molar-refractivity contribution is 0.414. The third kappa shape index (κ3) is 3.53. The summed E-state index contributed by atoms with van der Waals surface area (Å²) in [7, 11) is 1.65. The molecule has 0 bridgehead atoms. The molecule has 0 aliphatic heterocycles. The van der Waals surface area contributed by atoms with E-state index < -0.39 is 0 Å². The first kappa shape index (κ1) is 14.9. The highest BCUT2D eigenvalue weighted by Crippen LogP contribution is 2.27. The van der Waals surface area contributed by atoms with Crippen LogP contribution in [0.25, 0.3) is 0 Å². The second kappa shape index (κ2) is 6.78. The first-order valence-electron chi connectivity index (χ1n) is 5.90. The summed E-state index contributed by atoms with van der Waals surface area (Å²) in [6.07, 6.45) is 0. The zero-order valence-electron chi connectivity index (χ0n) is 10.8. The Morgan fingerprint density at radius 1 is 1.15 bits per heavy atom. The van der Waals surface area contributed by atoms with Crippen LogP contribution < -0.4 is 10.1 Å². The van der Waals surface area contributed by atoms with Crippen molar-refractivity contribution in [3.8, 4) is 11.8 Å². The number of ether oxygens (including phenoxy) is 1. The Morgan fingerprint density at radius 3 is 2.60 bits per heavy atom. The largest absolute Gasteiger partial charge is 0.497 e. The highest BCUT2D eigenvalue weighted by atomic mass is 79.9. The number of halogens is 2. The van der Waals surface area contributed by atoms with Gasteiger partial charge in [-0.25, -0.2) is 0 Å². The summed E-state index contributed by atoms with van der Waals surface area (Å²) in [6, 6.07) is 13.4. The number of nitrogens with one attached hydrogen (secondary N) is 1. The fourth-order valence-electron chi connectivity index (χ4n) is 1.73. The van der Waals surface area contributed by atoms with E-state index in [-0.39, 0.29) is 0 Å². The van der Waals surface area contributed by atoms with Gasteiger partial charge in [0.2, 0.25) is 0 Å². The summed E-state index contributed by atoms with van der Waals surface area (Å²) in [4.78, 5) is 0. The first-order chi connectivity index (χ1) is 9.63. The monoisotopic (exact) mass is 394 g/mol. The molecular weight excluding hydrogens is 384 g/mol. The lowest BCUT2D eigenvalue weighted by atomic mass is 10.2. The molecule has 0 spiro atoms. The van der Waals surface area contributed by atoms with Crippen LogP contribution in [0.3, 0.4) is 0 Å². The lowest BCUT2D eigenvalue weighted by Gasteiger charge is -2.11. The predicted molar refractivity (Wildman–Crippen MR) is 86.9 cm³/mol. The highest BCUT2D eigenvalue weighted by molar-refractivity contribution is 9.11. The van der Waals surface area contributed by atoms with E-state index in [0.29, 0.717) is 12.1 Å². The summed E-state index contributed by atoms with van der Waals surface area (Å²) in [5, 5.41) is 12.2. The van der Waals surface area contributed by atoms with Gasteiger partial charge in [0.15, 0.2) is 0 Å². The molecule has 0 aromatic heterocycles. The smallest absolute Gasteiger partial charge is 0.119 e. The fourth-order valence-corrected chi connectivity index (χ4v) is 2.64. The molecule has 0 aliphatic rings. The van der Waals surface area contributed by atoms with Gasteiger partial charge in [0.1, 0.15) is 5.75 Å². The van der Waals surface area contributed by atoms with Crippen molar-refractivity contribution < 1.29 is 4.74 Å². The van der Waals surface area contributed by atoms with E-state index >= 15 is 0 Å². The van der Waals surface area contributed by atoms with E-state index in [2.05, 4.69) is 43.2 Å². The quantitative estimate of drug-likeness (QED) is 0.815. The number of methoxy groups -OCH3 is 1. The van der Waals surface area contributed by atoms with E-state index in [9.17, 15) is 0 Å². The molecule has 0 unspecified atom stereocenters. The van der Waals surface area contributed by atoms with Crippen molar-refractivity contribution in [3.63, 3.8) is 0 Å². The molecule has 3 nitrogen and oxygen atoms in total. The molecule has 2 rings (SSSR count). The Morgan fingerprint density at radius 2 is 1.95 bits per heavy atom. The number of nitriles is 1. The second-order valence-electron chi connectivity index (χ2n) is 4.12. The van der Waals surface area contributed by atoms with Crippen molar-refractivity contribution in [2.45, 2.75) is 6.54 Å².